The maximum atomic E-state index is 10.2. The van der Waals surface area contributed by atoms with E-state index in [0.717, 1.165) is 32.4 Å². The lowest BCUT2D eigenvalue weighted by atomic mass is 10.2. The van der Waals surface area contributed by atoms with E-state index in [1.807, 2.05) is 6.92 Å². The van der Waals surface area contributed by atoms with Crippen LogP contribution in [0.15, 0.2) is 0 Å². The smallest absolute Gasteiger partial charge is 0.303 e. The van der Waals surface area contributed by atoms with Crippen molar-refractivity contribution in [3.63, 3.8) is 0 Å². The van der Waals surface area contributed by atoms with E-state index in [1.54, 1.807) is 7.11 Å². The van der Waals surface area contributed by atoms with Crippen molar-refractivity contribution in [1.29, 1.82) is 0 Å². The van der Waals surface area contributed by atoms with Crippen molar-refractivity contribution >= 4 is 5.97 Å². The first-order valence-electron chi connectivity index (χ1n) is 5.12. The van der Waals surface area contributed by atoms with Gasteiger partial charge in [0, 0.05) is 20.1 Å². The predicted octanol–water partition coefficient (Wildman–Crippen LogP) is 1.26. The molecule has 0 spiro atoms. The highest BCUT2D eigenvalue weighted by molar-refractivity contribution is 5.66. The molecule has 2 N–H and O–H groups in total. The maximum absolute atomic E-state index is 10.2. The number of rotatable bonds is 9. The molecule has 1 atom stereocenters. The molecule has 1 unspecified atom stereocenters. The molecular weight excluding hydrogens is 182 g/mol. The van der Waals surface area contributed by atoms with Gasteiger partial charge >= 0.3 is 5.97 Å². The minimum Gasteiger partial charge on any atom is -0.481 e. The quantitative estimate of drug-likeness (QED) is 0.554. The first-order valence-corrected chi connectivity index (χ1v) is 5.12. The lowest BCUT2D eigenvalue weighted by Gasteiger charge is -2.10. The zero-order chi connectivity index (χ0) is 10.8. The number of hydrogen-bond acceptors (Lipinski definition) is 3. The first-order chi connectivity index (χ1) is 6.66. The van der Waals surface area contributed by atoms with Gasteiger partial charge in [-0.1, -0.05) is 6.42 Å². The highest BCUT2D eigenvalue weighted by atomic mass is 16.5. The Bertz CT molecular complexity index is 150. The molecule has 84 valence electrons. The van der Waals surface area contributed by atoms with Gasteiger partial charge in [0.1, 0.15) is 0 Å². The summed E-state index contributed by atoms with van der Waals surface area (Å²) in [6.07, 6.45) is 3.31. The highest BCUT2D eigenvalue weighted by Crippen LogP contribution is 1.98. The topological polar surface area (TPSA) is 58.6 Å². The molecule has 0 radical (unpaired) electrons. The first kappa shape index (κ1) is 13.4. The van der Waals surface area contributed by atoms with E-state index in [9.17, 15) is 4.79 Å². The normalized spacial score (nSPS) is 12.7. The van der Waals surface area contributed by atoms with Crippen LogP contribution >= 0.6 is 0 Å². The third kappa shape index (κ3) is 9.48. The van der Waals surface area contributed by atoms with Crippen LogP contribution in [0.2, 0.25) is 0 Å². The number of hydrogen-bond donors (Lipinski definition) is 2. The van der Waals surface area contributed by atoms with Gasteiger partial charge in [0.2, 0.25) is 0 Å². The van der Waals surface area contributed by atoms with Crippen molar-refractivity contribution in [1.82, 2.24) is 5.32 Å². The van der Waals surface area contributed by atoms with Gasteiger partial charge in [0.25, 0.3) is 0 Å². The molecular formula is C10H21NO3. The van der Waals surface area contributed by atoms with Crippen molar-refractivity contribution in [2.45, 2.75) is 38.7 Å². The Hall–Kier alpha value is -0.610. The van der Waals surface area contributed by atoms with Gasteiger partial charge in [-0.3, -0.25) is 4.79 Å². The Labute approximate surface area is 85.6 Å². The number of nitrogens with one attached hydrogen (secondary N) is 1. The molecule has 0 rings (SSSR count). The van der Waals surface area contributed by atoms with Gasteiger partial charge in [-0.2, -0.15) is 0 Å². The summed E-state index contributed by atoms with van der Waals surface area (Å²) in [6.45, 7) is 3.81. The molecule has 0 amide bonds. The molecule has 0 heterocycles. The highest BCUT2D eigenvalue weighted by Gasteiger charge is 1.98. The van der Waals surface area contributed by atoms with Gasteiger partial charge in [-0.15, -0.1) is 0 Å². The zero-order valence-corrected chi connectivity index (χ0v) is 9.08. The van der Waals surface area contributed by atoms with Crippen LogP contribution in [0.4, 0.5) is 0 Å². The average molecular weight is 203 g/mol. The monoisotopic (exact) mass is 203 g/mol. The minimum atomic E-state index is -0.703. The predicted molar refractivity (Wildman–Crippen MR) is 55.4 cm³/mol. The average Bonchev–Trinajstić information content (AvgIpc) is 2.15. The van der Waals surface area contributed by atoms with E-state index < -0.39 is 5.97 Å². The Morgan fingerprint density at radius 2 is 2.14 bits per heavy atom. The second-order valence-corrected chi connectivity index (χ2v) is 3.45. The number of ether oxygens (including phenoxy) is 1. The fourth-order valence-electron chi connectivity index (χ4n) is 1.09. The summed E-state index contributed by atoms with van der Waals surface area (Å²) in [5.41, 5.74) is 0. The fourth-order valence-corrected chi connectivity index (χ4v) is 1.09. The summed E-state index contributed by atoms with van der Waals surface area (Å²) in [5, 5.41) is 11.6. The van der Waals surface area contributed by atoms with Crippen LogP contribution in [0.5, 0.6) is 0 Å². The van der Waals surface area contributed by atoms with E-state index in [-0.39, 0.29) is 12.5 Å². The molecule has 0 aliphatic rings. The molecule has 0 bridgehead atoms. The Kier molecular flexibility index (Phi) is 8.57. The van der Waals surface area contributed by atoms with Gasteiger partial charge in [-0.05, 0) is 26.3 Å². The summed E-state index contributed by atoms with van der Waals surface area (Å²) in [4.78, 5) is 10.2. The number of carbonyl (C=O) groups is 1. The van der Waals surface area contributed by atoms with Crippen LogP contribution in [0.25, 0.3) is 0 Å². The molecule has 0 saturated carbocycles. The Morgan fingerprint density at radius 3 is 2.71 bits per heavy atom. The van der Waals surface area contributed by atoms with Crippen molar-refractivity contribution in [3.8, 4) is 0 Å². The lowest BCUT2D eigenvalue weighted by Crippen LogP contribution is -2.26. The molecule has 14 heavy (non-hydrogen) atoms. The van der Waals surface area contributed by atoms with Gasteiger partial charge in [0.05, 0.1) is 6.10 Å². The number of carboxylic acids is 1. The van der Waals surface area contributed by atoms with Crippen LogP contribution in [0.3, 0.4) is 0 Å². The zero-order valence-electron chi connectivity index (χ0n) is 9.08. The molecule has 0 aromatic heterocycles. The van der Waals surface area contributed by atoms with Crippen LogP contribution in [-0.4, -0.2) is 37.4 Å². The molecule has 0 aliphatic heterocycles. The second kappa shape index (κ2) is 8.97. The van der Waals surface area contributed by atoms with Crippen LogP contribution in [0.1, 0.15) is 32.6 Å². The van der Waals surface area contributed by atoms with Crippen LogP contribution < -0.4 is 5.32 Å². The third-order valence-corrected chi connectivity index (χ3v) is 2.08. The summed E-state index contributed by atoms with van der Waals surface area (Å²) in [7, 11) is 1.69. The van der Waals surface area contributed by atoms with E-state index in [0.29, 0.717) is 0 Å². The van der Waals surface area contributed by atoms with Crippen molar-refractivity contribution in [2.75, 3.05) is 20.2 Å². The summed E-state index contributed by atoms with van der Waals surface area (Å²) >= 11 is 0. The number of unbranched alkanes of at least 4 members (excludes halogenated alkanes) is 2. The van der Waals surface area contributed by atoms with Crippen molar-refractivity contribution < 1.29 is 14.6 Å². The number of aliphatic carboxylic acids is 1. The third-order valence-electron chi connectivity index (χ3n) is 2.08. The molecule has 0 aromatic rings. The van der Waals surface area contributed by atoms with Crippen LogP contribution in [-0.2, 0) is 9.53 Å². The standard InChI is InChI=1S/C10H21NO3/c1-9(14-2)8-11-7-5-3-4-6-10(12)13/h9,11H,3-8H2,1-2H3,(H,12,13). The molecule has 0 saturated heterocycles. The number of methoxy groups -OCH3 is 1. The summed E-state index contributed by atoms with van der Waals surface area (Å²) < 4.78 is 5.07. The van der Waals surface area contributed by atoms with E-state index in [4.69, 9.17) is 9.84 Å². The minimum absolute atomic E-state index is 0.244. The summed E-state index contributed by atoms with van der Waals surface area (Å²) in [5.74, 6) is -0.703. The van der Waals surface area contributed by atoms with Gasteiger partial charge < -0.3 is 15.2 Å². The Morgan fingerprint density at radius 1 is 1.43 bits per heavy atom. The molecule has 4 heteroatoms. The molecule has 0 fully saturated rings. The van der Waals surface area contributed by atoms with Gasteiger partial charge in [0.15, 0.2) is 0 Å². The lowest BCUT2D eigenvalue weighted by molar-refractivity contribution is -0.137. The van der Waals surface area contributed by atoms with Crippen LogP contribution in [0, 0.1) is 0 Å². The Balaban J connectivity index is 3.02. The molecule has 0 aliphatic carbocycles. The molecule has 0 aromatic carbocycles. The van der Waals surface area contributed by atoms with Crippen molar-refractivity contribution in [2.24, 2.45) is 0 Å². The molecule has 4 nitrogen and oxygen atoms in total. The fraction of sp³-hybridized carbons (Fsp3) is 0.900. The number of carboxylic acid groups (broad SMARTS) is 1. The van der Waals surface area contributed by atoms with E-state index in [2.05, 4.69) is 5.32 Å². The SMILES string of the molecule is COC(C)CNCCCCCC(=O)O. The largest absolute Gasteiger partial charge is 0.481 e. The van der Waals surface area contributed by atoms with Gasteiger partial charge in [-0.25, -0.2) is 0 Å². The van der Waals surface area contributed by atoms with E-state index >= 15 is 0 Å². The second-order valence-electron chi connectivity index (χ2n) is 3.45. The van der Waals surface area contributed by atoms with E-state index in [1.165, 1.54) is 0 Å². The maximum Gasteiger partial charge on any atom is 0.303 e. The summed E-state index contributed by atoms with van der Waals surface area (Å²) in [6, 6.07) is 0. The van der Waals surface area contributed by atoms with Crippen molar-refractivity contribution in [3.05, 3.63) is 0 Å².